The molecule has 74 valence electrons. The van der Waals surface area contributed by atoms with E-state index >= 15 is 0 Å². The Morgan fingerprint density at radius 3 is 3.00 bits per heavy atom. The van der Waals surface area contributed by atoms with Crippen molar-refractivity contribution in [3.63, 3.8) is 0 Å². The number of piperidine rings is 1. The van der Waals surface area contributed by atoms with Gasteiger partial charge in [0.25, 0.3) is 0 Å². The van der Waals surface area contributed by atoms with Gasteiger partial charge in [-0.25, -0.2) is 0 Å². The number of rotatable bonds is 2. The molecule has 0 N–H and O–H groups in total. The van der Waals surface area contributed by atoms with Crippen LogP contribution in [0, 0.1) is 5.41 Å². The first-order valence-electron chi connectivity index (χ1n) is 4.73. The monoisotopic (exact) mass is 295 g/mol. The Labute approximate surface area is 91.9 Å². The second kappa shape index (κ2) is 3.38. The predicted octanol–water partition coefficient (Wildman–Crippen LogP) is 1.41. The molecule has 2 heterocycles. The van der Waals surface area contributed by atoms with Crippen molar-refractivity contribution in [3.05, 3.63) is 0 Å². The molecule has 3 unspecified atom stereocenters. The van der Waals surface area contributed by atoms with E-state index in [-0.39, 0.29) is 11.4 Å². The number of carbonyl (C=O) groups excluding carboxylic acids is 1. The molecule has 2 aliphatic heterocycles. The van der Waals surface area contributed by atoms with Gasteiger partial charge in [-0.15, -0.1) is 0 Å². The summed E-state index contributed by atoms with van der Waals surface area (Å²) in [5, 5.41) is 0. The first-order chi connectivity index (χ1) is 6.18. The number of carbonyl (C=O) groups is 1. The molecular weight excluding hydrogens is 281 g/mol. The summed E-state index contributed by atoms with van der Waals surface area (Å²) in [6.07, 6.45) is 1.97. The largest absolute Gasteiger partial charge is 0.466 e. The van der Waals surface area contributed by atoms with Gasteiger partial charge in [0.05, 0.1) is 16.1 Å². The number of nitrogens with zero attached hydrogens (tertiary/aromatic N) is 1. The van der Waals surface area contributed by atoms with Crippen LogP contribution in [0.2, 0.25) is 0 Å². The topological polar surface area (TPSA) is 29.5 Å². The van der Waals surface area contributed by atoms with E-state index in [4.69, 9.17) is 4.74 Å². The van der Waals surface area contributed by atoms with Gasteiger partial charge >= 0.3 is 5.97 Å². The third kappa shape index (κ3) is 1.48. The third-order valence-electron chi connectivity index (χ3n) is 3.05. The summed E-state index contributed by atoms with van der Waals surface area (Å²) in [5.74, 6) is 0.0247. The van der Waals surface area contributed by atoms with Crippen LogP contribution in [0.1, 0.15) is 19.8 Å². The predicted molar refractivity (Wildman–Crippen MR) is 57.7 cm³/mol. The molecule has 0 aromatic rings. The lowest BCUT2D eigenvalue weighted by atomic mass is 9.85. The number of halogens is 1. The van der Waals surface area contributed by atoms with Crippen molar-refractivity contribution in [2.75, 3.05) is 19.7 Å². The van der Waals surface area contributed by atoms with Gasteiger partial charge < -0.3 is 4.74 Å². The second-order valence-electron chi connectivity index (χ2n) is 3.86. The molecule has 0 aliphatic carbocycles. The summed E-state index contributed by atoms with van der Waals surface area (Å²) in [6.45, 7) is 4.36. The summed E-state index contributed by atoms with van der Waals surface area (Å²) >= 11 is 2.41. The second-order valence-corrected chi connectivity index (χ2v) is 5.30. The number of ether oxygens (including phenoxy) is 1. The van der Waals surface area contributed by atoms with Crippen molar-refractivity contribution >= 4 is 28.6 Å². The average molecular weight is 295 g/mol. The normalized spacial score (nSPS) is 42.3. The standard InChI is InChI=1S/C9H14INO2/c1-2-13-8(12)9-3-4-11(6-9)7(10)5-9/h7H,2-6H2,1H3. The van der Waals surface area contributed by atoms with Crippen molar-refractivity contribution in [1.29, 1.82) is 0 Å². The molecule has 0 amide bonds. The molecule has 3 atom stereocenters. The maximum Gasteiger partial charge on any atom is 0.313 e. The Bertz CT molecular complexity index is 230. The van der Waals surface area contributed by atoms with Crippen LogP contribution in [0.4, 0.5) is 0 Å². The van der Waals surface area contributed by atoms with Gasteiger partial charge in [0.1, 0.15) is 0 Å². The Kier molecular flexibility index (Phi) is 2.53. The minimum absolute atomic E-state index is 0.0247. The minimum atomic E-state index is -0.151. The lowest BCUT2D eigenvalue weighted by Crippen LogP contribution is -2.32. The number of alkyl halides is 1. The molecule has 2 fully saturated rings. The van der Waals surface area contributed by atoms with Crippen LogP contribution in [-0.4, -0.2) is 34.6 Å². The Morgan fingerprint density at radius 2 is 2.54 bits per heavy atom. The highest BCUT2D eigenvalue weighted by molar-refractivity contribution is 14.1. The van der Waals surface area contributed by atoms with E-state index in [1.54, 1.807) is 0 Å². The number of hydrogen-bond donors (Lipinski definition) is 0. The highest BCUT2D eigenvalue weighted by Gasteiger charge is 2.54. The lowest BCUT2D eigenvalue weighted by molar-refractivity contribution is -0.153. The van der Waals surface area contributed by atoms with Crippen molar-refractivity contribution in [1.82, 2.24) is 4.90 Å². The number of esters is 1. The maximum atomic E-state index is 11.7. The molecule has 0 aromatic carbocycles. The van der Waals surface area contributed by atoms with Crippen LogP contribution in [0.3, 0.4) is 0 Å². The van der Waals surface area contributed by atoms with Gasteiger partial charge in [-0.3, -0.25) is 9.69 Å². The van der Waals surface area contributed by atoms with Crippen LogP contribution in [-0.2, 0) is 9.53 Å². The molecule has 0 radical (unpaired) electrons. The fraction of sp³-hybridized carbons (Fsp3) is 0.889. The number of hydrogen-bond acceptors (Lipinski definition) is 3. The molecule has 0 saturated carbocycles. The van der Waals surface area contributed by atoms with Crippen molar-refractivity contribution in [2.24, 2.45) is 5.41 Å². The van der Waals surface area contributed by atoms with Gasteiger partial charge in [0, 0.05) is 13.1 Å². The van der Waals surface area contributed by atoms with Crippen LogP contribution >= 0.6 is 22.6 Å². The first kappa shape index (κ1) is 9.71. The molecule has 0 aromatic heterocycles. The fourth-order valence-corrected chi connectivity index (χ4v) is 3.61. The van der Waals surface area contributed by atoms with Crippen LogP contribution in [0.15, 0.2) is 0 Å². The van der Waals surface area contributed by atoms with Crippen LogP contribution in [0.5, 0.6) is 0 Å². The van der Waals surface area contributed by atoms with Gasteiger partial charge in [-0.05, 0) is 19.8 Å². The third-order valence-corrected chi connectivity index (χ3v) is 4.28. The summed E-state index contributed by atoms with van der Waals surface area (Å²) < 4.78 is 5.66. The number of fused-ring (bicyclic) bond motifs is 2. The highest BCUT2D eigenvalue weighted by Crippen LogP contribution is 2.46. The van der Waals surface area contributed by atoms with Gasteiger partial charge in [0.2, 0.25) is 0 Å². The zero-order chi connectivity index (χ0) is 9.47. The maximum absolute atomic E-state index is 11.7. The molecule has 2 rings (SSSR count). The molecular formula is C9H14INO2. The summed E-state index contributed by atoms with van der Waals surface area (Å²) in [6, 6.07) is 0. The zero-order valence-electron chi connectivity index (χ0n) is 7.75. The van der Waals surface area contributed by atoms with Crippen LogP contribution < -0.4 is 0 Å². The minimum Gasteiger partial charge on any atom is -0.466 e. The quantitative estimate of drug-likeness (QED) is 0.334. The average Bonchev–Trinajstić information content (AvgIpc) is 2.62. The Hall–Kier alpha value is 0.160. The van der Waals surface area contributed by atoms with E-state index in [9.17, 15) is 4.79 Å². The first-order valence-corrected chi connectivity index (χ1v) is 5.98. The lowest BCUT2D eigenvalue weighted by Gasteiger charge is -2.24. The molecule has 4 heteroatoms. The summed E-state index contributed by atoms with van der Waals surface area (Å²) in [4.78, 5) is 14.1. The van der Waals surface area contributed by atoms with Crippen molar-refractivity contribution in [2.45, 2.75) is 23.8 Å². The smallest absolute Gasteiger partial charge is 0.313 e. The van der Waals surface area contributed by atoms with E-state index in [1.165, 1.54) is 0 Å². The van der Waals surface area contributed by atoms with Gasteiger partial charge in [-0.2, -0.15) is 0 Å². The van der Waals surface area contributed by atoms with Crippen LogP contribution in [0.25, 0.3) is 0 Å². The summed E-state index contributed by atoms with van der Waals surface area (Å²) in [5.41, 5.74) is -0.151. The Morgan fingerprint density at radius 1 is 1.77 bits per heavy atom. The van der Waals surface area contributed by atoms with E-state index in [0.29, 0.717) is 10.7 Å². The van der Waals surface area contributed by atoms with Crippen molar-refractivity contribution in [3.8, 4) is 0 Å². The van der Waals surface area contributed by atoms with E-state index in [1.807, 2.05) is 6.92 Å². The Balaban J connectivity index is 2.09. The molecule has 13 heavy (non-hydrogen) atoms. The SMILES string of the molecule is CCOC(=O)C12CCN(C1)C(I)C2. The van der Waals surface area contributed by atoms with E-state index in [0.717, 1.165) is 25.9 Å². The van der Waals surface area contributed by atoms with Gasteiger partial charge in [-0.1, -0.05) is 22.6 Å². The molecule has 2 saturated heterocycles. The molecule has 2 bridgehead atoms. The highest BCUT2D eigenvalue weighted by atomic mass is 127. The molecule has 0 spiro atoms. The zero-order valence-corrected chi connectivity index (χ0v) is 9.91. The van der Waals surface area contributed by atoms with Gasteiger partial charge in [0.15, 0.2) is 0 Å². The molecule has 2 aliphatic rings. The summed E-state index contributed by atoms with van der Waals surface area (Å²) in [7, 11) is 0. The van der Waals surface area contributed by atoms with E-state index in [2.05, 4.69) is 27.5 Å². The molecule has 3 nitrogen and oxygen atoms in total. The van der Waals surface area contributed by atoms with E-state index < -0.39 is 0 Å². The fourth-order valence-electron chi connectivity index (χ4n) is 2.30. The van der Waals surface area contributed by atoms with Crippen molar-refractivity contribution < 1.29 is 9.53 Å².